The van der Waals surface area contributed by atoms with Crippen molar-refractivity contribution in [2.45, 2.75) is 26.2 Å². The molecule has 118 valence electrons. The van der Waals surface area contributed by atoms with Crippen LogP contribution in [0.3, 0.4) is 0 Å². The Bertz CT molecular complexity index is 441. The molecule has 1 heterocycles. The van der Waals surface area contributed by atoms with Gasteiger partial charge in [-0.15, -0.1) is 12.4 Å². The molecule has 0 radical (unpaired) electrons. The van der Waals surface area contributed by atoms with Crippen LogP contribution in [0.5, 0.6) is 5.75 Å². The van der Waals surface area contributed by atoms with Crippen molar-refractivity contribution in [3.63, 3.8) is 0 Å². The van der Waals surface area contributed by atoms with Crippen LogP contribution in [-0.2, 0) is 16.0 Å². The molecule has 1 fully saturated rings. The standard InChI is InChI=1S/C16H23NO3.ClH/c1-3-20-15(18)16(9-4-10-17-12-16)11-13-5-7-14(19-2)8-6-13;/h5-8,17H,3-4,9-12H2,1-2H3;1H. The first-order valence-corrected chi connectivity index (χ1v) is 7.21. The van der Waals surface area contributed by atoms with Crippen molar-refractivity contribution in [1.82, 2.24) is 5.32 Å². The highest BCUT2D eigenvalue weighted by molar-refractivity contribution is 5.85. The number of piperidine rings is 1. The Hall–Kier alpha value is -1.26. The van der Waals surface area contributed by atoms with Gasteiger partial charge in [-0.1, -0.05) is 12.1 Å². The molecule has 1 aromatic carbocycles. The number of rotatable bonds is 5. The topological polar surface area (TPSA) is 47.6 Å². The first-order valence-electron chi connectivity index (χ1n) is 7.21. The lowest BCUT2D eigenvalue weighted by Crippen LogP contribution is -2.47. The van der Waals surface area contributed by atoms with Crippen LogP contribution >= 0.6 is 12.4 Å². The molecule has 1 saturated heterocycles. The number of hydrogen-bond donors (Lipinski definition) is 1. The van der Waals surface area contributed by atoms with Crippen molar-refractivity contribution >= 4 is 18.4 Å². The van der Waals surface area contributed by atoms with E-state index in [1.807, 2.05) is 31.2 Å². The molecular formula is C16H24ClNO3. The van der Waals surface area contributed by atoms with Gasteiger partial charge in [-0.25, -0.2) is 0 Å². The zero-order valence-electron chi connectivity index (χ0n) is 12.7. The van der Waals surface area contributed by atoms with Gasteiger partial charge in [-0.2, -0.15) is 0 Å². The minimum Gasteiger partial charge on any atom is -0.497 e. The van der Waals surface area contributed by atoms with Gasteiger partial charge >= 0.3 is 5.97 Å². The molecule has 1 atom stereocenters. The number of carbonyl (C=O) groups is 1. The lowest BCUT2D eigenvalue weighted by Gasteiger charge is -2.35. The number of halogens is 1. The molecule has 0 amide bonds. The summed E-state index contributed by atoms with van der Waals surface area (Å²) in [5.41, 5.74) is 0.714. The third-order valence-corrected chi connectivity index (χ3v) is 3.88. The van der Waals surface area contributed by atoms with Crippen molar-refractivity contribution in [1.29, 1.82) is 0 Å². The predicted molar refractivity (Wildman–Crippen MR) is 85.1 cm³/mol. The van der Waals surface area contributed by atoms with Gasteiger partial charge in [0, 0.05) is 6.54 Å². The number of nitrogens with one attached hydrogen (secondary N) is 1. The Morgan fingerprint density at radius 2 is 2.05 bits per heavy atom. The molecule has 0 aromatic heterocycles. The molecular weight excluding hydrogens is 290 g/mol. The zero-order chi connectivity index (χ0) is 14.4. The lowest BCUT2D eigenvalue weighted by atomic mass is 9.75. The minimum atomic E-state index is -0.428. The van der Waals surface area contributed by atoms with E-state index in [1.54, 1.807) is 7.11 Å². The first kappa shape index (κ1) is 17.8. The molecule has 2 rings (SSSR count). The van der Waals surface area contributed by atoms with E-state index in [0.717, 1.165) is 30.7 Å². The summed E-state index contributed by atoms with van der Waals surface area (Å²) in [4.78, 5) is 12.4. The SMILES string of the molecule is CCOC(=O)C1(Cc2ccc(OC)cc2)CCCNC1.Cl. The predicted octanol–water partition coefficient (Wildman–Crippen LogP) is 2.59. The van der Waals surface area contributed by atoms with Gasteiger partial charge in [0.15, 0.2) is 0 Å². The van der Waals surface area contributed by atoms with E-state index in [-0.39, 0.29) is 18.4 Å². The molecule has 1 aliphatic rings. The molecule has 0 bridgehead atoms. The van der Waals surface area contributed by atoms with Crippen molar-refractivity contribution in [2.24, 2.45) is 5.41 Å². The Morgan fingerprint density at radius 3 is 2.57 bits per heavy atom. The molecule has 0 aliphatic carbocycles. The summed E-state index contributed by atoms with van der Waals surface area (Å²) in [6.07, 6.45) is 2.60. The summed E-state index contributed by atoms with van der Waals surface area (Å²) < 4.78 is 10.5. The fraction of sp³-hybridized carbons (Fsp3) is 0.562. The van der Waals surface area contributed by atoms with Crippen LogP contribution in [-0.4, -0.2) is 32.8 Å². The van der Waals surface area contributed by atoms with Crippen LogP contribution in [0.4, 0.5) is 0 Å². The maximum Gasteiger partial charge on any atom is 0.313 e. The highest BCUT2D eigenvalue weighted by Gasteiger charge is 2.41. The maximum absolute atomic E-state index is 12.4. The first-order chi connectivity index (χ1) is 9.70. The van der Waals surface area contributed by atoms with Crippen LogP contribution in [0.25, 0.3) is 0 Å². The minimum absolute atomic E-state index is 0. The summed E-state index contributed by atoms with van der Waals surface area (Å²) in [5.74, 6) is 0.753. The largest absolute Gasteiger partial charge is 0.497 e. The van der Waals surface area contributed by atoms with E-state index >= 15 is 0 Å². The van der Waals surface area contributed by atoms with Crippen molar-refractivity contribution in [2.75, 3.05) is 26.8 Å². The number of ether oxygens (including phenoxy) is 2. The van der Waals surface area contributed by atoms with E-state index in [4.69, 9.17) is 9.47 Å². The molecule has 1 aromatic rings. The van der Waals surface area contributed by atoms with Gasteiger partial charge in [0.1, 0.15) is 5.75 Å². The van der Waals surface area contributed by atoms with E-state index in [1.165, 1.54) is 0 Å². The van der Waals surface area contributed by atoms with Crippen LogP contribution in [0.1, 0.15) is 25.3 Å². The van der Waals surface area contributed by atoms with E-state index in [9.17, 15) is 4.79 Å². The average Bonchev–Trinajstić information content (AvgIpc) is 2.49. The Kier molecular flexibility index (Phi) is 6.99. The lowest BCUT2D eigenvalue weighted by molar-refractivity contribution is -0.156. The van der Waals surface area contributed by atoms with Crippen LogP contribution in [0, 0.1) is 5.41 Å². The molecule has 1 N–H and O–H groups in total. The van der Waals surface area contributed by atoms with Gasteiger partial charge in [-0.05, 0) is 50.4 Å². The fourth-order valence-electron chi connectivity index (χ4n) is 2.78. The van der Waals surface area contributed by atoms with E-state index in [0.29, 0.717) is 19.6 Å². The van der Waals surface area contributed by atoms with Crippen LogP contribution < -0.4 is 10.1 Å². The summed E-state index contributed by atoms with van der Waals surface area (Å²) in [6, 6.07) is 7.91. The molecule has 1 unspecified atom stereocenters. The molecule has 1 aliphatic heterocycles. The summed E-state index contributed by atoms with van der Waals surface area (Å²) in [6.45, 7) is 3.96. The van der Waals surface area contributed by atoms with Gasteiger partial charge < -0.3 is 14.8 Å². The van der Waals surface area contributed by atoms with Crippen molar-refractivity contribution in [3.8, 4) is 5.75 Å². The molecule has 0 saturated carbocycles. The second kappa shape index (κ2) is 8.25. The zero-order valence-corrected chi connectivity index (χ0v) is 13.5. The Balaban J connectivity index is 0.00000220. The number of methoxy groups -OCH3 is 1. The Morgan fingerprint density at radius 1 is 1.33 bits per heavy atom. The number of carbonyl (C=O) groups excluding carboxylic acids is 1. The van der Waals surface area contributed by atoms with Gasteiger partial charge in [-0.3, -0.25) is 4.79 Å². The van der Waals surface area contributed by atoms with Gasteiger partial charge in [0.25, 0.3) is 0 Å². The Labute approximate surface area is 132 Å². The maximum atomic E-state index is 12.4. The number of esters is 1. The van der Waals surface area contributed by atoms with Crippen molar-refractivity contribution in [3.05, 3.63) is 29.8 Å². The summed E-state index contributed by atoms with van der Waals surface area (Å²) >= 11 is 0. The third-order valence-electron chi connectivity index (χ3n) is 3.88. The van der Waals surface area contributed by atoms with Gasteiger partial charge in [0.2, 0.25) is 0 Å². The number of benzene rings is 1. The average molecular weight is 314 g/mol. The fourth-order valence-corrected chi connectivity index (χ4v) is 2.78. The van der Waals surface area contributed by atoms with Gasteiger partial charge in [0.05, 0.1) is 19.1 Å². The van der Waals surface area contributed by atoms with E-state index < -0.39 is 5.41 Å². The highest BCUT2D eigenvalue weighted by atomic mass is 35.5. The normalized spacial score (nSPS) is 21.2. The third kappa shape index (κ3) is 4.35. The highest BCUT2D eigenvalue weighted by Crippen LogP contribution is 2.32. The molecule has 0 spiro atoms. The van der Waals surface area contributed by atoms with Crippen LogP contribution in [0.15, 0.2) is 24.3 Å². The second-order valence-electron chi connectivity index (χ2n) is 5.31. The molecule has 4 nitrogen and oxygen atoms in total. The summed E-state index contributed by atoms with van der Waals surface area (Å²) in [7, 11) is 1.65. The molecule has 5 heteroatoms. The number of hydrogen-bond acceptors (Lipinski definition) is 4. The second-order valence-corrected chi connectivity index (χ2v) is 5.31. The van der Waals surface area contributed by atoms with Crippen molar-refractivity contribution < 1.29 is 14.3 Å². The summed E-state index contributed by atoms with van der Waals surface area (Å²) in [5, 5.41) is 3.33. The van der Waals surface area contributed by atoms with Crippen LogP contribution in [0.2, 0.25) is 0 Å². The van der Waals surface area contributed by atoms with E-state index in [2.05, 4.69) is 5.32 Å². The monoisotopic (exact) mass is 313 g/mol. The quantitative estimate of drug-likeness (QED) is 0.849. The smallest absolute Gasteiger partial charge is 0.313 e. The molecule has 21 heavy (non-hydrogen) atoms.